The molecule has 0 atom stereocenters. The first-order valence-corrected chi connectivity index (χ1v) is 7.89. The summed E-state index contributed by atoms with van der Waals surface area (Å²) in [5, 5.41) is 8.99. The fourth-order valence-corrected chi connectivity index (χ4v) is 2.94. The number of benzene rings is 2. The van der Waals surface area contributed by atoms with Crippen molar-refractivity contribution in [3.63, 3.8) is 0 Å². The van der Waals surface area contributed by atoms with Crippen LogP contribution in [0.25, 0.3) is 5.57 Å². The summed E-state index contributed by atoms with van der Waals surface area (Å²) in [6, 6.07) is 12.2. The number of nitrogen functional groups attached to an aromatic ring is 1. The minimum atomic E-state index is -3.37. The van der Waals surface area contributed by atoms with E-state index < -0.39 is 29.8 Å². The Labute approximate surface area is 148 Å². The molecule has 0 unspecified atom stereocenters. The van der Waals surface area contributed by atoms with Crippen LogP contribution in [0.2, 0.25) is 0 Å². The number of para-hydroxylation sites is 1. The summed E-state index contributed by atoms with van der Waals surface area (Å²) in [6.45, 7) is -0.246. The van der Waals surface area contributed by atoms with Crippen LogP contribution >= 0.6 is 0 Å². The first kappa shape index (κ1) is 17.6. The van der Waals surface area contributed by atoms with Gasteiger partial charge in [-0.05, 0) is 30.3 Å². The lowest BCUT2D eigenvalue weighted by Crippen LogP contribution is -2.33. The van der Waals surface area contributed by atoms with Gasteiger partial charge in [-0.25, -0.2) is 13.6 Å². The molecule has 2 aromatic carbocycles. The predicted octanol–water partition coefficient (Wildman–Crippen LogP) is 3.42. The average Bonchev–Trinajstić information content (AvgIpc) is 2.70. The molecule has 0 aromatic heterocycles. The van der Waals surface area contributed by atoms with E-state index in [2.05, 4.69) is 0 Å². The Kier molecular flexibility index (Phi) is 4.46. The first-order chi connectivity index (χ1) is 12.3. The zero-order valence-electron chi connectivity index (χ0n) is 13.7. The lowest BCUT2D eigenvalue weighted by molar-refractivity contribution is -0.131. The number of nitrogens with zero attached hydrogens (tertiary/aromatic N) is 1. The van der Waals surface area contributed by atoms with Gasteiger partial charge in [0.1, 0.15) is 0 Å². The molecule has 1 aliphatic rings. The van der Waals surface area contributed by atoms with E-state index in [1.807, 2.05) is 0 Å². The standard InChI is InChI=1S/C19H16F2N2O3/c20-19(21)9-10-23(18(26)12-5-7-13(22)8-6-12)16-4-2-1-3-14(16)15(19)11-17(24)25/h1-8,11H,9-10,22H2,(H,24,25). The molecule has 2 aromatic rings. The molecule has 1 aliphatic heterocycles. The van der Waals surface area contributed by atoms with Crippen molar-refractivity contribution in [1.29, 1.82) is 0 Å². The number of allylic oxidation sites excluding steroid dienone is 1. The second-order valence-corrected chi connectivity index (χ2v) is 5.95. The number of amides is 1. The van der Waals surface area contributed by atoms with E-state index in [0.717, 1.165) is 0 Å². The van der Waals surface area contributed by atoms with Crippen LogP contribution in [0.15, 0.2) is 54.6 Å². The van der Waals surface area contributed by atoms with Crippen molar-refractivity contribution < 1.29 is 23.5 Å². The van der Waals surface area contributed by atoms with E-state index in [1.165, 1.54) is 35.2 Å². The highest BCUT2D eigenvalue weighted by Gasteiger charge is 2.41. The maximum absolute atomic E-state index is 14.6. The third-order valence-corrected chi connectivity index (χ3v) is 4.20. The molecule has 5 nitrogen and oxygen atoms in total. The van der Waals surface area contributed by atoms with Crippen molar-refractivity contribution in [1.82, 2.24) is 0 Å². The lowest BCUT2D eigenvalue weighted by Gasteiger charge is -2.22. The molecule has 1 amide bonds. The summed E-state index contributed by atoms with van der Waals surface area (Å²) in [7, 11) is 0. The smallest absolute Gasteiger partial charge is 0.328 e. The molecule has 7 heteroatoms. The quantitative estimate of drug-likeness (QED) is 0.636. The molecule has 0 fully saturated rings. The van der Waals surface area contributed by atoms with E-state index >= 15 is 0 Å². The zero-order chi connectivity index (χ0) is 18.9. The molecular formula is C19H16F2N2O3. The van der Waals surface area contributed by atoms with Gasteiger partial charge in [0, 0.05) is 41.4 Å². The molecule has 0 radical (unpaired) electrons. The van der Waals surface area contributed by atoms with Gasteiger partial charge in [0.25, 0.3) is 11.8 Å². The van der Waals surface area contributed by atoms with Gasteiger partial charge in [-0.1, -0.05) is 18.2 Å². The maximum atomic E-state index is 14.6. The normalized spacial score (nSPS) is 17.5. The molecule has 0 saturated carbocycles. The Hall–Kier alpha value is -3.22. The van der Waals surface area contributed by atoms with E-state index in [0.29, 0.717) is 17.3 Å². The molecule has 0 aliphatic carbocycles. The third kappa shape index (κ3) is 3.28. The monoisotopic (exact) mass is 358 g/mol. The molecule has 3 N–H and O–H groups in total. The largest absolute Gasteiger partial charge is 0.478 e. The number of hydrogen-bond donors (Lipinski definition) is 2. The van der Waals surface area contributed by atoms with Gasteiger partial charge in [-0.3, -0.25) is 4.79 Å². The van der Waals surface area contributed by atoms with E-state index in [-0.39, 0.29) is 17.8 Å². The summed E-state index contributed by atoms with van der Waals surface area (Å²) < 4.78 is 29.1. The SMILES string of the molecule is Nc1ccc(C(=O)N2CCC(F)(F)C(=CC(=O)O)c3ccccc32)cc1. The molecule has 0 saturated heterocycles. The Bertz CT molecular complexity index is 892. The van der Waals surface area contributed by atoms with E-state index in [4.69, 9.17) is 10.8 Å². The second kappa shape index (κ2) is 6.59. The summed E-state index contributed by atoms with van der Waals surface area (Å²) in [5.41, 5.74) is 6.08. The number of hydrogen-bond acceptors (Lipinski definition) is 3. The van der Waals surface area contributed by atoms with Gasteiger partial charge in [-0.15, -0.1) is 0 Å². The first-order valence-electron chi connectivity index (χ1n) is 7.89. The Morgan fingerprint density at radius 3 is 2.42 bits per heavy atom. The number of nitrogens with two attached hydrogens (primary N) is 1. The van der Waals surface area contributed by atoms with Crippen LogP contribution in [0.3, 0.4) is 0 Å². The van der Waals surface area contributed by atoms with Crippen LogP contribution < -0.4 is 10.6 Å². The van der Waals surface area contributed by atoms with Crippen LogP contribution in [0, 0.1) is 0 Å². The number of rotatable bonds is 2. The van der Waals surface area contributed by atoms with Crippen LogP contribution in [0.5, 0.6) is 0 Å². The van der Waals surface area contributed by atoms with Crippen molar-refractivity contribution in [2.24, 2.45) is 0 Å². The Morgan fingerprint density at radius 1 is 1.12 bits per heavy atom. The highest BCUT2D eigenvalue weighted by atomic mass is 19.3. The molecule has 1 heterocycles. The van der Waals surface area contributed by atoms with Crippen molar-refractivity contribution >= 4 is 28.8 Å². The zero-order valence-corrected chi connectivity index (χ0v) is 13.7. The Morgan fingerprint density at radius 2 is 1.77 bits per heavy atom. The Balaban J connectivity index is 2.12. The molecule has 0 spiro atoms. The molecule has 3 rings (SSSR count). The fourth-order valence-electron chi connectivity index (χ4n) is 2.94. The second-order valence-electron chi connectivity index (χ2n) is 5.95. The fraction of sp³-hybridized carbons (Fsp3) is 0.158. The lowest BCUT2D eigenvalue weighted by atomic mass is 9.97. The predicted molar refractivity (Wildman–Crippen MR) is 94.1 cm³/mol. The summed E-state index contributed by atoms with van der Waals surface area (Å²) in [4.78, 5) is 25.2. The average molecular weight is 358 g/mol. The number of aliphatic carboxylic acids is 1. The maximum Gasteiger partial charge on any atom is 0.328 e. The van der Waals surface area contributed by atoms with Crippen molar-refractivity contribution in [2.45, 2.75) is 12.3 Å². The molecule has 134 valence electrons. The van der Waals surface area contributed by atoms with E-state index in [1.54, 1.807) is 18.2 Å². The number of carboxylic acid groups (broad SMARTS) is 1. The van der Waals surface area contributed by atoms with Crippen molar-refractivity contribution in [3.05, 3.63) is 65.7 Å². The van der Waals surface area contributed by atoms with Crippen LogP contribution in [-0.2, 0) is 4.79 Å². The molecular weight excluding hydrogens is 342 g/mol. The van der Waals surface area contributed by atoms with Crippen molar-refractivity contribution in [2.75, 3.05) is 17.2 Å². The van der Waals surface area contributed by atoms with E-state index in [9.17, 15) is 18.4 Å². The van der Waals surface area contributed by atoms with Gasteiger partial charge < -0.3 is 15.7 Å². The van der Waals surface area contributed by atoms with Crippen LogP contribution in [0.1, 0.15) is 22.3 Å². The van der Waals surface area contributed by atoms with Crippen LogP contribution in [-0.4, -0.2) is 29.5 Å². The topological polar surface area (TPSA) is 83.6 Å². The molecule has 26 heavy (non-hydrogen) atoms. The highest BCUT2D eigenvalue weighted by Crippen LogP contribution is 2.43. The van der Waals surface area contributed by atoms with Crippen molar-refractivity contribution in [3.8, 4) is 0 Å². The number of carbonyl (C=O) groups excluding carboxylic acids is 1. The number of carboxylic acids is 1. The number of anilines is 2. The van der Waals surface area contributed by atoms with Gasteiger partial charge in [0.15, 0.2) is 0 Å². The molecule has 0 bridgehead atoms. The summed E-state index contributed by atoms with van der Waals surface area (Å²) >= 11 is 0. The van der Waals surface area contributed by atoms with Crippen LogP contribution in [0.4, 0.5) is 20.2 Å². The minimum absolute atomic E-state index is 0.0289. The number of alkyl halides is 2. The van der Waals surface area contributed by atoms with Gasteiger partial charge >= 0.3 is 5.97 Å². The number of carbonyl (C=O) groups is 2. The number of fused-ring (bicyclic) bond motifs is 1. The van der Waals surface area contributed by atoms with Gasteiger partial charge in [0.2, 0.25) is 0 Å². The summed E-state index contributed by atoms with van der Waals surface area (Å²) in [5.74, 6) is -5.29. The summed E-state index contributed by atoms with van der Waals surface area (Å²) in [6.07, 6.45) is -0.169. The highest BCUT2D eigenvalue weighted by molar-refractivity contribution is 6.08. The third-order valence-electron chi connectivity index (χ3n) is 4.20. The van der Waals surface area contributed by atoms with Gasteiger partial charge in [-0.2, -0.15) is 0 Å². The van der Waals surface area contributed by atoms with Gasteiger partial charge in [0.05, 0.1) is 5.69 Å². The minimum Gasteiger partial charge on any atom is -0.478 e. The number of halogens is 2.